The van der Waals surface area contributed by atoms with Gasteiger partial charge in [-0.15, -0.1) is 0 Å². The van der Waals surface area contributed by atoms with Crippen LogP contribution in [0.4, 0.5) is 14.9 Å². The summed E-state index contributed by atoms with van der Waals surface area (Å²) >= 11 is 0. The van der Waals surface area contributed by atoms with Crippen molar-refractivity contribution >= 4 is 11.7 Å². The monoisotopic (exact) mass is 405 g/mol. The molecule has 2 aromatic heterocycles. The standard InChI is InChI=1S/C22H20FN5O2/c1-15(18-5-3-4-6-19(18)23)26-22(29)28-9-10-30-21-20(28)11-16(12-24-21)7-8-17-13-25-27(2)14-17/h3-6,11-15H,9-10H2,1-2H3,(H,26,29)/t15-/m0/s1. The van der Waals surface area contributed by atoms with Crippen LogP contribution < -0.4 is 15.0 Å². The molecule has 1 aromatic carbocycles. The van der Waals surface area contributed by atoms with Crippen molar-refractivity contribution in [1.82, 2.24) is 20.1 Å². The fraction of sp³-hybridized carbons (Fsp3) is 0.227. The summed E-state index contributed by atoms with van der Waals surface area (Å²) in [6.45, 7) is 2.41. The highest BCUT2D eigenvalue weighted by atomic mass is 19.1. The molecule has 8 heteroatoms. The van der Waals surface area contributed by atoms with Gasteiger partial charge in [0.15, 0.2) is 0 Å². The second kappa shape index (κ2) is 8.25. The van der Waals surface area contributed by atoms with Gasteiger partial charge in [0, 0.05) is 30.6 Å². The number of rotatable bonds is 2. The van der Waals surface area contributed by atoms with Gasteiger partial charge in [0.05, 0.1) is 24.3 Å². The van der Waals surface area contributed by atoms with E-state index in [0.717, 1.165) is 5.56 Å². The van der Waals surface area contributed by atoms with Crippen molar-refractivity contribution in [1.29, 1.82) is 0 Å². The van der Waals surface area contributed by atoms with Crippen LogP contribution in [0.25, 0.3) is 0 Å². The highest BCUT2D eigenvalue weighted by Crippen LogP contribution is 2.30. The molecule has 0 bridgehead atoms. The number of fused-ring (bicyclic) bond motifs is 1. The molecule has 1 aliphatic heterocycles. The van der Waals surface area contributed by atoms with Crippen LogP contribution >= 0.6 is 0 Å². The first-order chi connectivity index (χ1) is 14.5. The van der Waals surface area contributed by atoms with E-state index in [4.69, 9.17) is 4.74 Å². The third-order valence-corrected chi connectivity index (χ3v) is 4.69. The first kappa shape index (κ1) is 19.5. The Morgan fingerprint density at radius 3 is 2.83 bits per heavy atom. The third kappa shape index (κ3) is 4.10. The maximum atomic E-state index is 14.0. The van der Waals surface area contributed by atoms with Crippen LogP contribution in [-0.2, 0) is 7.05 Å². The lowest BCUT2D eigenvalue weighted by molar-refractivity contribution is 0.235. The Bertz CT molecular complexity index is 1150. The number of halogens is 1. The fourth-order valence-corrected chi connectivity index (χ4v) is 3.18. The second-order valence-corrected chi connectivity index (χ2v) is 6.89. The van der Waals surface area contributed by atoms with Crippen molar-refractivity contribution in [3.8, 4) is 17.7 Å². The first-order valence-electron chi connectivity index (χ1n) is 9.47. The molecular formula is C22H20FN5O2. The van der Waals surface area contributed by atoms with Gasteiger partial charge in [-0.3, -0.25) is 9.58 Å². The zero-order chi connectivity index (χ0) is 21.1. The second-order valence-electron chi connectivity index (χ2n) is 6.89. The molecule has 30 heavy (non-hydrogen) atoms. The average Bonchev–Trinajstić information content (AvgIpc) is 3.17. The van der Waals surface area contributed by atoms with Crippen molar-refractivity contribution in [3.63, 3.8) is 0 Å². The lowest BCUT2D eigenvalue weighted by Gasteiger charge is -2.30. The number of urea groups is 1. The normalized spacial score (nSPS) is 13.5. The van der Waals surface area contributed by atoms with E-state index in [0.29, 0.717) is 35.8 Å². The molecule has 0 saturated carbocycles. The predicted octanol–water partition coefficient (Wildman–Crippen LogP) is 3.02. The minimum Gasteiger partial charge on any atom is -0.474 e. The number of amides is 2. The zero-order valence-corrected chi connectivity index (χ0v) is 16.6. The van der Waals surface area contributed by atoms with E-state index >= 15 is 0 Å². The van der Waals surface area contributed by atoms with E-state index in [2.05, 4.69) is 27.2 Å². The maximum Gasteiger partial charge on any atom is 0.322 e. The molecule has 0 saturated heterocycles. The Morgan fingerprint density at radius 2 is 2.07 bits per heavy atom. The van der Waals surface area contributed by atoms with Crippen LogP contribution in [0.3, 0.4) is 0 Å². The molecule has 1 N–H and O–H groups in total. The van der Waals surface area contributed by atoms with Crippen molar-refractivity contribution < 1.29 is 13.9 Å². The van der Waals surface area contributed by atoms with Gasteiger partial charge in [0.2, 0.25) is 5.88 Å². The predicted molar refractivity (Wildman–Crippen MR) is 110 cm³/mol. The van der Waals surface area contributed by atoms with E-state index in [1.165, 1.54) is 6.07 Å². The van der Waals surface area contributed by atoms with Crippen LogP contribution in [0.5, 0.6) is 5.88 Å². The fourth-order valence-electron chi connectivity index (χ4n) is 3.18. The number of pyridine rings is 1. The number of aryl methyl sites for hydroxylation is 1. The third-order valence-electron chi connectivity index (χ3n) is 4.69. The molecule has 3 aromatic rings. The number of hydrogen-bond donors (Lipinski definition) is 1. The number of aromatic nitrogens is 3. The van der Waals surface area contributed by atoms with Gasteiger partial charge in [-0.25, -0.2) is 14.2 Å². The molecule has 0 unspecified atom stereocenters. The number of hydrogen-bond acceptors (Lipinski definition) is 4. The SMILES string of the molecule is C[C@H](NC(=O)N1CCOc2ncc(C#Cc3cnn(C)c3)cc21)c1ccccc1F. The van der Waals surface area contributed by atoms with Crippen molar-refractivity contribution in [2.24, 2.45) is 7.05 Å². The number of benzene rings is 1. The zero-order valence-electron chi connectivity index (χ0n) is 16.6. The lowest BCUT2D eigenvalue weighted by Crippen LogP contribution is -2.45. The molecule has 0 spiro atoms. The van der Waals surface area contributed by atoms with Crippen molar-refractivity contribution in [2.45, 2.75) is 13.0 Å². The lowest BCUT2D eigenvalue weighted by atomic mass is 10.1. The molecule has 3 heterocycles. The molecule has 7 nitrogen and oxygen atoms in total. The summed E-state index contributed by atoms with van der Waals surface area (Å²) in [6.07, 6.45) is 5.09. The summed E-state index contributed by atoms with van der Waals surface area (Å²) in [5.74, 6) is 6.05. The summed E-state index contributed by atoms with van der Waals surface area (Å²) in [6, 6.07) is 7.30. The number of carbonyl (C=O) groups excluding carboxylic acids is 1. The summed E-state index contributed by atoms with van der Waals surface area (Å²) in [7, 11) is 1.82. The van der Waals surface area contributed by atoms with Gasteiger partial charge in [0.1, 0.15) is 18.1 Å². The van der Waals surface area contributed by atoms with Gasteiger partial charge in [-0.05, 0) is 19.1 Å². The first-order valence-corrected chi connectivity index (χ1v) is 9.47. The minimum atomic E-state index is -0.494. The smallest absolute Gasteiger partial charge is 0.322 e. The minimum absolute atomic E-state index is 0.322. The number of nitrogens with one attached hydrogen (secondary N) is 1. The summed E-state index contributed by atoms with van der Waals surface area (Å²) in [5, 5.41) is 6.93. The molecule has 2 amide bonds. The maximum absolute atomic E-state index is 14.0. The number of carbonyl (C=O) groups is 1. The topological polar surface area (TPSA) is 72.3 Å². The average molecular weight is 405 g/mol. The summed E-state index contributed by atoms with van der Waals surface area (Å²) in [5.41, 5.74) is 2.37. The van der Waals surface area contributed by atoms with E-state index in [1.807, 2.05) is 13.2 Å². The molecule has 1 aliphatic rings. The van der Waals surface area contributed by atoms with E-state index < -0.39 is 6.04 Å². The molecule has 0 radical (unpaired) electrons. The van der Waals surface area contributed by atoms with Gasteiger partial charge in [-0.1, -0.05) is 30.0 Å². The summed E-state index contributed by atoms with van der Waals surface area (Å²) < 4.78 is 21.3. The van der Waals surface area contributed by atoms with E-state index in [1.54, 1.807) is 53.2 Å². The largest absolute Gasteiger partial charge is 0.474 e. The Kier molecular flexibility index (Phi) is 5.35. The Hall–Kier alpha value is -3.86. The summed E-state index contributed by atoms with van der Waals surface area (Å²) in [4.78, 5) is 18.7. The van der Waals surface area contributed by atoms with E-state index in [9.17, 15) is 9.18 Å². The Labute approximate surface area is 173 Å². The Balaban J connectivity index is 1.56. The van der Waals surface area contributed by atoms with Crippen LogP contribution in [0.15, 0.2) is 48.9 Å². The Morgan fingerprint density at radius 1 is 1.27 bits per heavy atom. The van der Waals surface area contributed by atoms with Crippen molar-refractivity contribution in [3.05, 3.63) is 71.4 Å². The van der Waals surface area contributed by atoms with E-state index in [-0.39, 0.29) is 11.8 Å². The quantitative estimate of drug-likeness (QED) is 0.666. The number of nitrogens with zero attached hydrogens (tertiary/aromatic N) is 4. The van der Waals surface area contributed by atoms with Gasteiger partial charge < -0.3 is 10.1 Å². The van der Waals surface area contributed by atoms with Crippen LogP contribution in [0, 0.1) is 17.7 Å². The number of anilines is 1. The molecule has 0 fully saturated rings. The van der Waals surface area contributed by atoms with Crippen LogP contribution in [0.1, 0.15) is 29.7 Å². The van der Waals surface area contributed by atoms with Gasteiger partial charge in [0.25, 0.3) is 0 Å². The van der Waals surface area contributed by atoms with Gasteiger partial charge >= 0.3 is 6.03 Å². The highest BCUT2D eigenvalue weighted by Gasteiger charge is 2.26. The molecule has 4 rings (SSSR count). The molecular weight excluding hydrogens is 385 g/mol. The van der Waals surface area contributed by atoms with Crippen LogP contribution in [0.2, 0.25) is 0 Å². The number of ether oxygens (including phenoxy) is 1. The molecule has 152 valence electrons. The van der Waals surface area contributed by atoms with Crippen LogP contribution in [-0.4, -0.2) is 33.9 Å². The molecule has 1 atom stereocenters. The highest BCUT2D eigenvalue weighted by molar-refractivity contribution is 5.94. The van der Waals surface area contributed by atoms with Gasteiger partial charge in [-0.2, -0.15) is 5.10 Å². The molecule has 0 aliphatic carbocycles. The van der Waals surface area contributed by atoms with Crippen molar-refractivity contribution in [2.75, 3.05) is 18.1 Å².